The van der Waals surface area contributed by atoms with E-state index in [1.54, 1.807) is 0 Å². The average molecular weight is 396 g/mol. The van der Waals surface area contributed by atoms with Crippen molar-refractivity contribution >= 4 is 40.8 Å². The van der Waals surface area contributed by atoms with Gasteiger partial charge in [-0.15, -0.1) is 24.0 Å². The normalized spacial score (nSPS) is 15.3. The van der Waals surface area contributed by atoms with Crippen LogP contribution >= 0.6 is 24.0 Å². The lowest BCUT2D eigenvalue weighted by Gasteiger charge is -2.25. The Labute approximate surface area is 142 Å². The van der Waals surface area contributed by atoms with Gasteiger partial charge in [-0.05, 0) is 36.5 Å². The zero-order chi connectivity index (χ0) is 13.8. The van der Waals surface area contributed by atoms with Crippen LogP contribution in [0.25, 0.3) is 10.9 Å². The van der Waals surface area contributed by atoms with Crippen molar-refractivity contribution in [3.63, 3.8) is 0 Å². The second kappa shape index (κ2) is 7.59. The highest BCUT2D eigenvalue weighted by Gasteiger charge is 2.16. The van der Waals surface area contributed by atoms with Gasteiger partial charge in [0.15, 0.2) is 5.96 Å². The van der Waals surface area contributed by atoms with Crippen LogP contribution in [-0.2, 0) is 6.54 Å². The van der Waals surface area contributed by atoms with Crippen LogP contribution < -0.4 is 11.1 Å². The number of pyridine rings is 1. The van der Waals surface area contributed by atoms with E-state index in [0.717, 1.165) is 28.9 Å². The summed E-state index contributed by atoms with van der Waals surface area (Å²) >= 11 is 0. The maximum absolute atomic E-state index is 5.92. The molecule has 4 nitrogen and oxygen atoms in total. The van der Waals surface area contributed by atoms with Gasteiger partial charge in [0.25, 0.3) is 0 Å². The quantitative estimate of drug-likeness (QED) is 0.475. The van der Waals surface area contributed by atoms with E-state index in [0.29, 0.717) is 12.5 Å². The summed E-state index contributed by atoms with van der Waals surface area (Å²) in [6.07, 6.45) is 5.81. The molecule has 0 atom stereocenters. The van der Waals surface area contributed by atoms with Gasteiger partial charge in [-0.3, -0.25) is 4.98 Å². The molecule has 0 bridgehead atoms. The van der Waals surface area contributed by atoms with E-state index < -0.39 is 0 Å². The van der Waals surface area contributed by atoms with Crippen LogP contribution in [0.2, 0.25) is 0 Å². The van der Waals surface area contributed by atoms with Gasteiger partial charge in [0.05, 0.1) is 12.1 Å². The van der Waals surface area contributed by atoms with Crippen molar-refractivity contribution in [3.05, 3.63) is 42.1 Å². The lowest BCUT2D eigenvalue weighted by Crippen LogP contribution is -2.37. The molecule has 1 fully saturated rings. The van der Waals surface area contributed by atoms with Crippen LogP contribution in [0.3, 0.4) is 0 Å². The molecule has 1 saturated carbocycles. The molecule has 5 heteroatoms. The van der Waals surface area contributed by atoms with Gasteiger partial charge in [0, 0.05) is 18.1 Å². The predicted molar refractivity (Wildman–Crippen MR) is 97.8 cm³/mol. The van der Waals surface area contributed by atoms with Crippen molar-refractivity contribution in [2.45, 2.75) is 25.8 Å². The van der Waals surface area contributed by atoms with Crippen molar-refractivity contribution in [2.24, 2.45) is 16.6 Å². The minimum absolute atomic E-state index is 0. The first-order valence-electron chi connectivity index (χ1n) is 7.19. The topological polar surface area (TPSA) is 63.3 Å². The third-order valence-electron chi connectivity index (χ3n) is 3.96. The van der Waals surface area contributed by atoms with E-state index in [-0.39, 0.29) is 24.0 Å². The summed E-state index contributed by atoms with van der Waals surface area (Å²) in [5.41, 5.74) is 8.07. The second-order valence-corrected chi connectivity index (χ2v) is 5.37. The van der Waals surface area contributed by atoms with E-state index in [2.05, 4.69) is 21.4 Å². The number of hydrogen-bond acceptors (Lipinski definition) is 2. The first-order valence-corrected chi connectivity index (χ1v) is 7.19. The van der Waals surface area contributed by atoms with E-state index in [9.17, 15) is 0 Å². The molecule has 3 N–H and O–H groups in total. The Kier molecular flexibility index (Phi) is 5.78. The molecule has 112 valence electrons. The van der Waals surface area contributed by atoms with Crippen LogP contribution in [0, 0.1) is 5.92 Å². The standard InChI is InChI=1S/C16H20N4.HI/c17-16(19-10-12-4-3-5-12)20-11-13-8-9-18-15-7-2-1-6-14(13)15;/h1-2,6-9,12H,3-5,10-11H2,(H3,17,19,20);1H. The van der Waals surface area contributed by atoms with E-state index in [1.807, 2.05) is 30.5 Å². The molecule has 0 aliphatic heterocycles. The van der Waals surface area contributed by atoms with Crippen LogP contribution in [-0.4, -0.2) is 17.5 Å². The van der Waals surface area contributed by atoms with Crippen LogP contribution in [0.15, 0.2) is 41.5 Å². The van der Waals surface area contributed by atoms with Crippen molar-refractivity contribution in [1.29, 1.82) is 0 Å². The third-order valence-corrected chi connectivity index (χ3v) is 3.96. The average Bonchev–Trinajstić information content (AvgIpc) is 2.43. The highest BCUT2D eigenvalue weighted by molar-refractivity contribution is 14.0. The summed E-state index contributed by atoms with van der Waals surface area (Å²) in [5.74, 6) is 1.32. The molecule has 0 saturated heterocycles. The molecular weight excluding hydrogens is 375 g/mol. The van der Waals surface area contributed by atoms with Gasteiger partial charge in [-0.2, -0.15) is 0 Å². The maximum Gasteiger partial charge on any atom is 0.188 e. The molecule has 0 amide bonds. The van der Waals surface area contributed by atoms with E-state index >= 15 is 0 Å². The number of para-hydroxylation sites is 1. The van der Waals surface area contributed by atoms with Crippen molar-refractivity contribution in [3.8, 4) is 0 Å². The molecule has 1 heterocycles. The molecule has 0 radical (unpaired) electrons. The highest BCUT2D eigenvalue weighted by Crippen LogP contribution is 2.25. The first kappa shape index (κ1) is 16.0. The lowest BCUT2D eigenvalue weighted by molar-refractivity contribution is 0.315. The van der Waals surface area contributed by atoms with Crippen LogP contribution in [0.4, 0.5) is 0 Å². The van der Waals surface area contributed by atoms with Crippen molar-refractivity contribution < 1.29 is 0 Å². The van der Waals surface area contributed by atoms with Gasteiger partial charge in [-0.1, -0.05) is 24.6 Å². The Hall–Kier alpha value is -1.37. The number of benzene rings is 1. The zero-order valence-corrected chi connectivity index (χ0v) is 14.3. The number of nitrogens with zero attached hydrogens (tertiary/aromatic N) is 2. The Morgan fingerprint density at radius 2 is 2.10 bits per heavy atom. The van der Waals surface area contributed by atoms with Crippen molar-refractivity contribution in [1.82, 2.24) is 10.3 Å². The van der Waals surface area contributed by atoms with Gasteiger partial charge in [-0.25, -0.2) is 4.99 Å². The maximum atomic E-state index is 5.92. The molecular formula is C16H21IN4. The molecule has 21 heavy (non-hydrogen) atoms. The molecule has 1 aromatic carbocycles. The number of aromatic nitrogens is 1. The Balaban J connectivity index is 0.00000161. The first-order chi connectivity index (χ1) is 9.83. The predicted octanol–water partition coefficient (Wildman–Crippen LogP) is 3.06. The van der Waals surface area contributed by atoms with Crippen LogP contribution in [0.5, 0.6) is 0 Å². The summed E-state index contributed by atoms with van der Waals surface area (Å²) in [6, 6.07) is 10.1. The fourth-order valence-corrected chi connectivity index (χ4v) is 2.47. The van der Waals surface area contributed by atoms with Gasteiger partial charge in [0.1, 0.15) is 0 Å². The number of rotatable bonds is 4. The minimum Gasteiger partial charge on any atom is -0.370 e. The minimum atomic E-state index is 0. The molecule has 1 aliphatic rings. The number of hydrogen-bond donors (Lipinski definition) is 2. The Morgan fingerprint density at radius 1 is 1.29 bits per heavy atom. The van der Waals surface area contributed by atoms with Gasteiger partial charge in [0.2, 0.25) is 0 Å². The lowest BCUT2D eigenvalue weighted by atomic mass is 9.85. The Bertz CT molecular complexity index is 617. The van der Waals surface area contributed by atoms with Gasteiger partial charge < -0.3 is 11.1 Å². The summed E-state index contributed by atoms with van der Waals surface area (Å²) in [4.78, 5) is 8.78. The summed E-state index contributed by atoms with van der Waals surface area (Å²) < 4.78 is 0. The third kappa shape index (κ3) is 4.06. The summed E-state index contributed by atoms with van der Waals surface area (Å²) in [5, 5.41) is 4.36. The molecule has 3 rings (SSSR count). The number of guanidine groups is 1. The summed E-state index contributed by atoms with van der Waals surface area (Å²) in [7, 11) is 0. The molecule has 0 unspecified atom stereocenters. The fraction of sp³-hybridized carbons (Fsp3) is 0.375. The molecule has 0 spiro atoms. The Morgan fingerprint density at radius 3 is 2.86 bits per heavy atom. The summed E-state index contributed by atoms with van der Waals surface area (Å²) in [6.45, 7) is 1.54. The highest BCUT2D eigenvalue weighted by atomic mass is 127. The van der Waals surface area contributed by atoms with Crippen molar-refractivity contribution in [2.75, 3.05) is 6.54 Å². The SMILES string of the molecule is I.NC(=NCc1ccnc2ccccc12)NCC1CCC1. The number of halogens is 1. The number of aliphatic imine (C=N–C) groups is 1. The fourth-order valence-electron chi connectivity index (χ4n) is 2.47. The van der Waals surface area contributed by atoms with E-state index in [1.165, 1.54) is 19.3 Å². The largest absolute Gasteiger partial charge is 0.370 e. The number of nitrogens with two attached hydrogens (primary N) is 1. The molecule has 1 aromatic heterocycles. The number of nitrogens with one attached hydrogen (secondary N) is 1. The van der Waals surface area contributed by atoms with Gasteiger partial charge >= 0.3 is 0 Å². The zero-order valence-electron chi connectivity index (χ0n) is 12.0. The van der Waals surface area contributed by atoms with Crippen LogP contribution in [0.1, 0.15) is 24.8 Å². The monoisotopic (exact) mass is 396 g/mol. The molecule has 2 aromatic rings. The van der Waals surface area contributed by atoms with E-state index in [4.69, 9.17) is 5.73 Å². The smallest absolute Gasteiger partial charge is 0.188 e. The second-order valence-electron chi connectivity index (χ2n) is 5.37. The number of fused-ring (bicyclic) bond motifs is 1. The molecule has 1 aliphatic carbocycles.